The predicted molar refractivity (Wildman–Crippen MR) is 51.0 cm³/mol. The molecule has 0 spiro atoms. The van der Waals surface area contributed by atoms with Crippen molar-refractivity contribution in [3.8, 4) is 12.3 Å². The van der Waals surface area contributed by atoms with Gasteiger partial charge >= 0.3 is 11.4 Å². The number of benzene rings is 1. The van der Waals surface area contributed by atoms with Crippen molar-refractivity contribution in [2.45, 2.75) is 0 Å². The SMILES string of the molecule is C#Cc1ccc2[nH]c(=O)oc(=O)c2c1. The Morgan fingerprint density at radius 1 is 1.36 bits per heavy atom. The van der Waals surface area contributed by atoms with Crippen LogP contribution in [-0.4, -0.2) is 4.98 Å². The fourth-order valence-electron chi connectivity index (χ4n) is 1.19. The van der Waals surface area contributed by atoms with Crippen molar-refractivity contribution in [1.29, 1.82) is 0 Å². The van der Waals surface area contributed by atoms with E-state index in [4.69, 9.17) is 6.42 Å². The van der Waals surface area contributed by atoms with Crippen LogP contribution in [0.2, 0.25) is 0 Å². The monoisotopic (exact) mass is 187 g/mol. The molecule has 2 aromatic rings. The Bertz CT molecular complexity index is 643. The summed E-state index contributed by atoms with van der Waals surface area (Å²) in [5.74, 6) is 1.62. The van der Waals surface area contributed by atoms with Crippen molar-refractivity contribution in [2.24, 2.45) is 0 Å². The summed E-state index contributed by atoms with van der Waals surface area (Å²) in [6.07, 6.45) is 5.17. The van der Waals surface area contributed by atoms with Crippen molar-refractivity contribution in [1.82, 2.24) is 4.98 Å². The lowest BCUT2D eigenvalue weighted by atomic mass is 10.2. The van der Waals surface area contributed by atoms with Crippen LogP contribution in [0.25, 0.3) is 10.9 Å². The van der Waals surface area contributed by atoms with Crippen molar-refractivity contribution in [2.75, 3.05) is 0 Å². The summed E-state index contributed by atoms with van der Waals surface area (Å²) in [5.41, 5.74) is 0.308. The summed E-state index contributed by atoms with van der Waals surface area (Å²) in [6, 6.07) is 4.71. The van der Waals surface area contributed by atoms with Crippen LogP contribution in [0.15, 0.2) is 32.2 Å². The summed E-state index contributed by atoms with van der Waals surface area (Å²) in [7, 11) is 0. The topological polar surface area (TPSA) is 63.1 Å². The Morgan fingerprint density at radius 3 is 2.86 bits per heavy atom. The van der Waals surface area contributed by atoms with Gasteiger partial charge in [-0.15, -0.1) is 6.42 Å². The van der Waals surface area contributed by atoms with Gasteiger partial charge in [-0.1, -0.05) is 5.92 Å². The van der Waals surface area contributed by atoms with Gasteiger partial charge in [-0.2, -0.15) is 0 Å². The van der Waals surface area contributed by atoms with Crippen LogP contribution in [0.4, 0.5) is 0 Å². The highest BCUT2D eigenvalue weighted by atomic mass is 16.4. The second-order valence-corrected chi connectivity index (χ2v) is 2.71. The van der Waals surface area contributed by atoms with E-state index >= 15 is 0 Å². The van der Waals surface area contributed by atoms with Crippen molar-refractivity contribution in [3.05, 3.63) is 44.7 Å². The van der Waals surface area contributed by atoms with E-state index in [1.165, 1.54) is 6.07 Å². The lowest BCUT2D eigenvalue weighted by molar-refractivity contribution is 0.460. The second kappa shape index (κ2) is 2.89. The summed E-state index contributed by atoms with van der Waals surface area (Å²) >= 11 is 0. The van der Waals surface area contributed by atoms with Gasteiger partial charge in [0, 0.05) is 5.56 Å². The van der Waals surface area contributed by atoms with Crippen LogP contribution in [0.3, 0.4) is 0 Å². The zero-order chi connectivity index (χ0) is 10.1. The fraction of sp³-hybridized carbons (Fsp3) is 0. The second-order valence-electron chi connectivity index (χ2n) is 2.71. The maximum Gasteiger partial charge on any atom is 0.419 e. The van der Waals surface area contributed by atoms with Crippen molar-refractivity contribution in [3.63, 3.8) is 0 Å². The molecule has 4 nitrogen and oxygen atoms in total. The lowest BCUT2D eigenvalue weighted by Gasteiger charge is -1.95. The van der Waals surface area contributed by atoms with E-state index in [-0.39, 0.29) is 5.39 Å². The third kappa shape index (κ3) is 1.21. The predicted octanol–water partition coefficient (Wildman–Crippen LogP) is 0.463. The van der Waals surface area contributed by atoms with Gasteiger partial charge in [0.25, 0.3) is 0 Å². The molecule has 0 saturated heterocycles. The molecule has 0 fully saturated rings. The molecule has 1 aromatic carbocycles. The molecular weight excluding hydrogens is 182 g/mol. The normalized spacial score (nSPS) is 9.93. The fourth-order valence-corrected chi connectivity index (χ4v) is 1.19. The Kier molecular flexibility index (Phi) is 1.72. The van der Waals surface area contributed by atoms with E-state index in [2.05, 4.69) is 15.3 Å². The molecule has 0 aliphatic carbocycles. The third-order valence-corrected chi connectivity index (χ3v) is 1.83. The highest BCUT2D eigenvalue weighted by Crippen LogP contribution is 2.07. The molecule has 0 unspecified atom stereocenters. The van der Waals surface area contributed by atoms with Gasteiger partial charge in [0.15, 0.2) is 0 Å². The average Bonchev–Trinajstić information content (AvgIpc) is 2.17. The summed E-state index contributed by atoms with van der Waals surface area (Å²) in [4.78, 5) is 24.4. The van der Waals surface area contributed by atoms with Crippen molar-refractivity contribution >= 4 is 10.9 Å². The van der Waals surface area contributed by atoms with Gasteiger partial charge in [-0.3, -0.25) is 4.98 Å². The average molecular weight is 187 g/mol. The van der Waals surface area contributed by atoms with Crippen LogP contribution >= 0.6 is 0 Å². The van der Waals surface area contributed by atoms with Gasteiger partial charge < -0.3 is 4.42 Å². The van der Waals surface area contributed by atoms with Crippen LogP contribution in [-0.2, 0) is 0 Å². The van der Waals surface area contributed by atoms with Gasteiger partial charge in [-0.25, -0.2) is 9.59 Å². The molecule has 0 aliphatic rings. The minimum absolute atomic E-state index is 0.278. The molecular formula is C10H5NO3. The molecule has 1 aromatic heterocycles. The standard InChI is InChI=1S/C10H5NO3/c1-2-6-3-4-8-7(5-6)9(12)14-10(13)11-8/h1,3-5H,(H,11,13). The maximum atomic E-state index is 11.2. The first-order chi connectivity index (χ1) is 6.70. The van der Waals surface area contributed by atoms with E-state index < -0.39 is 11.4 Å². The Morgan fingerprint density at radius 2 is 2.14 bits per heavy atom. The molecule has 1 heterocycles. The minimum atomic E-state index is -0.768. The highest BCUT2D eigenvalue weighted by molar-refractivity contribution is 5.78. The highest BCUT2D eigenvalue weighted by Gasteiger charge is 2.02. The Balaban J connectivity index is 2.98. The Hall–Kier alpha value is -2.28. The molecule has 4 heteroatoms. The lowest BCUT2D eigenvalue weighted by Crippen LogP contribution is -2.14. The number of rotatable bonds is 0. The number of aromatic amines is 1. The quantitative estimate of drug-likeness (QED) is 0.609. The summed E-state index contributed by atoms with van der Waals surface area (Å²) in [5, 5.41) is 0.278. The zero-order valence-electron chi connectivity index (χ0n) is 7.03. The number of nitrogens with one attached hydrogen (secondary N) is 1. The van der Waals surface area contributed by atoms with Gasteiger partial charge in [0.1, 0.15) is 0 Å². The molecule has 0 amide bonds. The first kappa shape index (κ1) is 8.32. The van der Waals surface area contributed by atoms with Gasteiger partial charge in [-0.05, 0) is 18.2 Å². The molecule has 68 valence electrons. The third-order valence-electron chi connectivity index (χ3n) is 1.83. The molecule has 1 N–H and O–H groups in total. The van der Waals surface area contributed by atoms with E-state index in [1.807, 2.05) is 0 Å². The molecule has 2 rings (SSSR count). The maximum absolute atomic E-state index is 11.2. The van der Waals surface area contributed by atoms with E-state index in [1.54, 1.807) is 12.1 Å². The summed E-state index contributed by atoms with van der Waals surface area (Å²) in [6.45, 7) is 0. The Labute approximate surface area is 78.2 Å². The summed E-state index contributed by atoms with van der Waals surface area (Å²) < 4.78 is 4.35. The van der Waals surface area contributed by atoms with E-state index in [0.717, 1.165) is 0 Å². The first-order valence-corrected chi connectivity index (χ1v) is 3.84. The van der Waals surface area contributed by atoms with Crippen LogP contribution in [0.5, 0.6) is 0 Å². The molecule has 0 saturated carbocycles. The number of aromatic nitrogens is 1. The molecule has 0 atom stereocenters. The zero-order valence-corrected chi connectivity index (χ0v) is 7.03. The van der Waals surface area contributed by atoms with Crippen LogP contribution in [0, 0.1) is 12.3 Å². The molecule has 0 radical (unpaired) electrons. The molecule has 14 heavy (non-hydrogen) atoms. The van der Waals surface area contributed by atoms with Gasteiger partial charge in [0.2, 0.25) is 0 Å². The number of hydrogen-bond acceptors (Lipinski definition) is 3. The molecule has 0 bridgehead atoms. The number of terminal acetylenes is 1. The number of H-pyrrole nitrogens is 1. The largest absolute Gasteiger partial charge is 0.419 e. The molecule has 0 aliphatic heterocycles. The van der Waals surface area contributed by atoms with Gasteiger partial charge in [0.05, 0.1) is 10.9 Å². The minimum Gasteiger partial charge on any atom is -0.372 e. The number of hydrogen-bond donors (Lipinski definition) is 1. The first-order valence-electron chi connectivity index (χ1n) is 3.84. The smallest absolute Gasteiger partial charge is 0.372 e. The van der Waals surface area contributed by atoms with E-state index in [0.29, 0.717) is 11.1 Å². The number of fused-ring (bicyclic) bond motifs is 1. The van der Waals surface area contributed by atoms with Crippen LogP contribution < -0.4 is 11.4 Å². The van der Waals surface area contributed by atoms with Crippen molar-refractivity contribution < 1.29 is 4.42 Å². The van der Waals surface area contributed by atoms with Crippen LogP contribution in [0.1, 0.15) is 5.56 Å². The van der Waals surface area contributed by atoms with E-state index in [9.17, 15) is 9.59 Å².